The quantitative estimate of drug-likeness (QED) is 0.635. The molecule has 1 heterocycles. The van der Waals surface area contributed by atoms with Crippen molar-refractivity contribution in [3.05, 3.63) is 65.7 Å². The average Bonchev–Trinajstić information content (AvgIpc) is 2.72. The van der Waals surface area contributed by atoms with E-state index in [1.54, 1.807) is 7.05 Å². The Balaban J connectivity index is 1.56. The predicted octanol–water partition coefficient (Wildman–Crippen LogP) is 2.75. The number of benzene rings is 2. The lowest BCUT2D eigenvalue weighted by Gasteiger charge is -2.35. The molecular formula is C21H27N3O2S. The van der Waals surface area contributed by atoms with Crippen molar-refractivity contribution >= 4 is 16.8 Å². The summed E-state index contributed by atoms with van der Waals surface area (Å²) in [5.41, 5.74) is 2.47. The lowest BCUT2D eigenvalue weighted by Crippen LogP contribution is -2.48. The van der Waals surface area contributed by atoms with Crippen molar-refractivity contribution < 1.29 is 8.95 Å². The van der Waals surface area contributed by atoms with E-state index in [2.05, 4.69) is 40.3 Å². The van der Waals surface area contributed by atoms with Gasteiger partial charge in [0.2, 0.25) is 0 Å². The van der Waals surface area contributed by atoms with Gasteiger partial charge in [0.25, 0.3) is 0 Å². The second-order valence-electron chi connectivity index (χ2n) is 6.50. The Bertz CT molecular complexity index is 795. The number of aryl methyl sites for hydroxylation is 1. The molecule has 3 rings (SSSR count). The highest BCUT2D eigenvalue weighted by Gasteiger charge is 2.25. The van der Waals surface area contributed by atoms with Crippen LogP contribution < -0.4 is 5.32 Å². The van der Waals surface area contributed by atoms with Gasteiger partial charge in [-0.05, 0) is 30.2 Å². The highest BCUT2D eigenvalue weighted by Crippen LogP contribution is 2.24. The van der Waals surface area contributed by atoms with Crippen LogP contribution in [-0.4, -0.2) is 54.1 Å². The van der Waals surface area contributed by atoms with Crippen LogP contribution >= 0.6 is 0 Å². The fourth-order valence-electron chi connectivity index (χ4n) is 3.26. The molecule has 1 saturated heterocycles. The standard InChI is InChI=1S/C21H27N3O2S/c1-17-8-6-7-11-19(17)20-16-24(13-14-26-20)21(22-2)23-12-15-27(25)18-9-4-3-5-10-18/h3-11,20H,12-16H2,1-2H3,(H,22,23). The molecule has 2 aromatic rings. The molecule has 1 N–H and O–H groups in total. The van der Waals surface area contributed by atoms with Gasteiger partial charge in [-0.25, -0.2) is 0 Å². The Morgan fingerprint density at radius 2 is 1.96 bits per heavy atom. The van der Waals surface area contributed by atoms with Crippen molar-refractivity contribution in [2.75, 3.05) is 39.0 Å². The van der Waals surface area contributed by atoms with Crippen LogP contribution in [0.25, 0.3) is 0 Å². The number of nitrogens with zero attached hydrogens (tertiary/aromatic N) is 2. The van der Waals surface area contributed by atoms with Gasteiger partial charge >= 0.3 is 0 Å². The second-order valence-corrected chi connectivity index (χ2v) is 8.07. The smallest absolute Gasteiger partial charge is 0.193 e. The minimum Gasteiger partial charge on any atom is -0.370 e. The van der Waals surface area contributed by atoms with E-state index in [0.717, 1.165) is 23.9 Å². The Morgan fingerprint density at radius 1 is 1.22 bits per heavy atom. The summed E-state index contributed by atoms with van der Waals surface area (Å²) in [5, 5.41) is 3.35. The Hall–Kier alpha value is -2.18. The number of hydrogen-bond donors (Lipinski definition) is 1. The average molecular weight is 386 g/mol. The van der Waals surface area contributed by atoms with E-state index in [1.807, 2.05) is 36.4 Å². The molecule has 0 amide bonds. The molecule has 1 aliphatic rings. The molecule has 6 heteroatoms. The monoisotopic (exact) mass is 385 g/mol. The molecule has 1 aliphatic heterocycles. The summed E-state index contributed by atoms with van der Waals surface area (Å²) in [4.78, 5) is 7.48. The summed E-state index contributed by atoms with van der Waals surface area (Å²) in [6.07, 6.45) is 0.0388. The number of ether oxygens (including phenoxy) is 1. The Kier molecular flexibility index (Phi) is 7.01. The summed E-state index contributed by atoms with van der Waals surface area (Å²) in [6, 6.07) is 17.9. The highest BCUT2D eigenvalue weighted by atomic mass is 32.2. The first kappa shape index (κ1) is 19.6. The number of rotatable bonds is 5. The molecule has 0 aliphatic carbocycles. The van der Waals surface area contributed by atoms with Crippen LogP contribution in [0.2, 0.25) is 0 Å². The lowest BCUT2D eigenvalue weighted by molar-refractivity contribution is -0.00827. The first-order valence-corrected chi connectivity index (χ1v) is 10.6. The van der Waals surface area contributed by atoms with Crippen LogP contribution in [0.1, 0.15) is 17.2 Å². The molecule has 5 nitrogen and oxygen atoms in total. The van der Waals surface area contributed by atoms with Gasteiger partial charge in [-0.15, -0.1) is 0 Å². The van der Waals surface area contributed by atoms with E-state index >= 15 is 0 Å². The minimum atomic E-state index is -1.01. The first-order chi connectivity index (χ1) is 13.2. The zero-order valence-electron chi connectivity index (χ0n) is 15.9. The maximum atomic E-state index is 12.4. The van der Waals surface area contributed by atoms with Gasteiger partial charge in [0.1, 0.15) is 6.10 Å². The molecule has 144 valence electrons. The summed E-state index contributed by atoms with van der Waals surface area (Å²) in [5.74, 6) is 1.39. The zero-order valence-corrected chi connectivity index (χ0v) is 16.7. The zero-order chi connectivity index (χ0) is 19.1. The van der Waals surface area contributed by atoms with Crippen LogP contribution in [0.3, 0.4) is 0 Å². The molecule has 1 fully saturated rings. The number of nitrogens with one attached hydrogen (secondary N) is 1. The van der Waals surface area contributed by atoms with Gasteiger partial charge in [-0.1, -0.05) is 42.5 Å². The molecule has 0 spiro atoms. The summed E-state index contributed by atoms with van der Waals surface area (Å²) in [6.45, 7) is 4.94. The molecule has 0 bridgehead atoms. The molecule has 2 aromatic carbocycles. The summed E-state index contributed by atoms with van der Waals surface area (Å²) < 4.78 is 18.4. The van der Waals surface area contributed by atoms with Crippen molar-refractivity contribution in [1.29, 1.82) is 0 Å². The minimum absolute atomic E-state index is 0.0388. The van der Waals surface area contributed by atoms with Crippen LogP contribution in [0, 0.1) is 6.92 Å². The van der Waals surface area contributed by atoms with E-state index in [-0.39, 0.29) is 6.10 Å². The number of hydrogen-bond acceptors (Lipinski definition) is 3. The van der Waals surface area contributed by atoms with E-state index in [4.69, 9.17) is 4.74 Å². The third-order valence-corrected chi connectivity index (χ3v) is 6.06. The lowest BCUT2D eigenvalue weighted by atomic mass is 10.0. The van der Waals surface area contributed by atoms with Crippen molar-refractivity contribution in [2.24, 2.45) is 4.99 Å². The van der Waals surface area contributed by atoms with Crippen LogP contribution in [-0.2, 0) is 15.5 Å². The molecule has 0 radical (unpaired) electrons. The van der Waals surface area contributed by atoms with Gasteiger partial charge < -0.3 is 15.0 Å². The maximum absolute atomic E-state index is 12.4. The Labute approximate surface area is 163 Å². The van der Waals surface area contributed by atoms with Crippen LogP contribution in [0.15, 0.2) is 64.5 Å². The topological polar surface area (TPSA) is 53.9 Å². The molecular weight excluding hydrogens is 358 g/mol. The molecule has 27 heavy (non-hydrogen) atoms. The normalized spacial score (nSPS) is 19.0. The van der Waals surface area contributed by atoms with Crippen molar-refractivity contribution in [3.63, 3.8) is 0 Å². The van der Waals surface area contributed by atoms with Gasteiger partial charge in [0.05, 0.1) is 24.0 Å². The summed E-state index contributed by atoms with van der Waals surface area (Å²) >= 11 is 0. The number of guanidine groups is 1. The fourth-order valence-corrected chi connectivity index (χ4v) is 4.24. The van der Waals surface area contributed by atoms with Crippen molar-refractivity contribution in [1.82, 2.24) is 10.2 Å². The number of aliphatic imine (C=N–C) groups is 1. The van der Waals surface area contributed by atoms with Crippen LogP contribution in [0.5, 0.6) is 0 Å². The fraction of sp³-hybridized carbons (Fsp3) is 0.381. The van der Waals surface area contributed by atoms with Crippen molar-refractivity contribution in [3.8, 4) is 0 Å². The van der Waals surface area contributed by atoms with E-state index < -0.39 is 10.8 Å². The molecule has 2 atom stereocenters. The third-order valence-electron chi connectivity index (χ3n) is 4.69. The molecule has 2 unspecified atom stereocenters. The highest BCUT2D eigenvalue weighted by molar-refractivity contribution is 7.85. The maximum Gasteiger partial charge on any atom is 0.193 e. The summed E-state index contributed by atoms with van der Waals surface area (Å²) in [7, 11) is 0.779. The third kappa shape index (κ3) is 5.17. The van der Waals surface area contributed by atoms with Crippen LogP contribution in [0.4, 0.5) is 0 Å². The second kappa shape index (κ2) is 9.67. The first-order valence-electron chi connectivity index (χ1n) is 9.25. The largest absolute Gasteiger partial charge is 0.370 e. The number of morpholine rings is 1. The predicted molar refractivity (Wildman–Crippen MR) is 111 cm³/mol. The Morgan fingerprint density at radius 3 is 2.70 bits per heavy atom. The van der Waals surface area contributed by atoms with Gasteiger partial charge in [0, 0.05) is 30.8 Å². The van der Waals surface area contributed by atoms with Gasteiger partial charge in [-0.2, -0.15) is 0 Å². The van der Waals surface area contributed by atoms with E-state index in [9.17, 15) is 4.21 Å². The van der Waals surface area contributed by atoms with E-state index in [1.165, 1.54) is 11.1 Å². The SMILES string of the molecule is CN=C(NCCS(=O)c1ccccc1)N1CCOC(c2ccccc2C)C1. The van der Waals surface area contributed by atoms with E-state index in [0.29, 0.717) is 18.9 Å². The van der Waals surface area contributed by atoms with Gasteiger partial charge in [0.15, 0.2) is 5.96 Å². The van der Waals surface area contributed by atoms with Gasteiger partial charge in [-0.3, -0.25) is 9.20 Å². The molecule has 0 aromatic heterocycles. The molecule has 0 saturated carbocycles. The van der Waals surface area contributed by atoms with Crippen molar-refractivity contribution in [2.45, 2.75) is 17.9 Å².